The average molecular weight is 534 g/mol. The third-order valence-corrected chi connectivity index (χ3v) is 6.36. The summed E-state index contributed by atoms with van der Waals surface area (Å²) in [4.78, 5) is 34.4. The van der Waals surface area contributed by atoms with Gasteiger partial charge in [0.2, 0.25) is 0 Å². The van der Waals surface area contributed by atoms with Gasteiger partial charge in [0.1, 0.15) is 18.0 Å². The molecule has 0 amide bonds. The molecule has 0 saturated heterocycles. The molecule has 0 aliphatic rings. The first-order chi connectivity index (χ1) is 18.3. The minimum atomic E-state index is -0.908. The Morgan fingerprint density at radius 2 is 1.29 bits per heavy atom. The summed E-state index contributed by atoms with van der Waals surface area (Å²) < 4.78 is 15.6. The van der Waals surface area contributed by atoms with Crippen molar-refractivity contribution in [3.63, 3.8) is 0 Å². The number of nitro benzene ring substituents is 1. The number of carbonyl (C=O) groups is 2. The highest BCUT2D eigenvalue weighted by Gasteiger charge is 2.19. The Balaban J connectivity index is 2.31. The van der Waals surface area contributed by atoms with Gasteiger partial charge in [-0.25, -0.2) is 4.79 Å². The molecule has 0 aliphatic carbocycles. The van der Waals surface area contributed by atoms with Gasteiger partial charge in [0.15, 0.2) is 0 Å². The molecule has 0 aromatic heterocycles. The average Bonchev–Trinajstić information content (AvgIpc) is 2.87. The van der Waals surface area contributed by atoms with Crippen molar-refractivity contribution in [2.45, 2.75) is 128 Å². The van der Waals surface area contributed by atoms with Crippen molar-refractivity contribution in [1.82, 2.24) is 0 Å². The van der Waals surface area contributed by atoms with Crippen LogP contribution in [0.15, 0.2) is 24.3 Å². The maximum Gasteiger partial charge on any atom is 0.514 e. The van der Waals surface area contributed by atoms with Gasteiger partial charge in [-0.05, 0) is 45.2 Å². The minimum Gasteiger partial charge on any atom is -0.462 e. The van der Waals surface area contributed by atoms with E-state index in [0.717, 1.165) is 19.3 Å². The van der Waals surface area contributed by atoms with Crippen LogP contribution in [0.3, 0.4) is 0 Å². The molecular weight excluding hydrogens is 486 g/mol. The normalized spacial score (nSPS) is 11.8. The van der Waals surface area contributed by atoms with E-state index < -0.39 is 29.3 Å². The fourth-order valence-electron chi connectivity index (χ4n) is 4.24. The molecule has 214 valence electrons. The molecule has 1 aromatic rings. The third kappa shape index (κ3) is 17.8. The van der Waals surface area contributed by atoms with Gasteiger partial charge in [-0.15, -0.1) is 0 Å². The number of ether oxygens (including phenoxy) is 3. The number of hydrogen-bond acceptors (Lipinski definition) is 7. The van der Waals surface area contributed by atoms with Crippen LogP contribution in [-0.4, -0.2) is 29.3 Å². The van der Waals surface area contributed by atoms with Crippen LogP contribution in [0.4, 0.5) is 10.5 Å². The second-order valence-electron chi connectivity index (χ2n) is 9.88. The lowest BCUT2D eigenvalue weighted by Gasteiger charge is -2.18. The van der Waals surface area contributed by atoms with Gasteiger partial charge in [-0.2, -0.15) is 0 Å². The first-order valence-corrected chi connectivity index (χ1v) is 14.3. The van der Waals surface area contributed by atoms with Crippen molar-refractivity contribution in [3.8, 4) is 5.75 Å². The van der Waals surface area contributed by atoms with E-state index in [4.69, 9.17) is 14.2 Å². The summed E-state index contributed by atoms with van der Waals surface area (Å²) in [7, 11) is 0. The lowest BCUT2D eigenvalue weighted by atomic mass is 10.0. The van der Waals surface area contributed by atoms with E-state index in [1.807, 2.05) is 0 Å². The highest BCUT2D eigenvalue weighted by atomic mass is 16.7. The summed E-state index contributed by atoms with van der Waals surface area (Å²) in [5, 5.41) is 10.8. The lowest BCUT2D eigenvalue weighted by Crippen LogP contribution is -2.23. The molecule has 0 aliphatic heterocycles. The van der Waals surface area contributed by atoms with Crippen molar-refractivity contribution in [2.75, 3.05) is 0 Å². The minimum absolute atomic E-state index is 0.0790. The van der Waals surface area contributed by atoms with Gasteiger partial charge < -0.3 is 14.2 Å². The van der Waals surface area contributed by atoms with E-state index in [1.165, 1.54) is 94.9 Å². The Kier molecular flexibility index (Phi) is 18.7. The first kappa shape index (κ1) is 33.4. The summed E-state index contributed by atoms with van der Waals surface area (Å²) in [6.45, 7) is 9.32. The van der Waals surface area contributed by atoms with Crippen molar-refractivity contribution >= 4 is 17.8 Å². The second-order valence-corrected chi connectivity index (χ2v) is 9.88. The lowest BCUT2D eigenvalue weighted by molar-refractivity contribution is -0.384. The summed E-state index contributed by atoms with van der Waals surface area (Å²) in [5.74, 6) is -0.300. The van der Waals surface area contributed by atoms with Crippen LogP contribution < -0.4 is 4.74 Å². The zero-order valence-corrected chi connectivity index (χ0v) is 23.2. The number of carbonyl (C=O) groups excluding carboxylic acids is 2. The van der Waals surface area contributed by atoms with Gasteiger partial charge in [0, 0.05) is 18.6 Å². The van der Waals surface area contributed by atoms with E-state index in [-0.39, 0.29) is 17.9 Å². The predicted octanol–water partition coefficient (Wildman–Crippen LogP) is 8.71. The summed E-state index contributed by atoms with van der Waals surface area (Å²) in [5.41, 5.74) is -0.103. The number of unbranched alkanes of at least 4 members (excludes halogenated alkanes) is 13. The summed E-state index contributed by atoms with van der Waals surface area (Å²) in [6, 6.07) is 5.17. The van der Waals surface area contributed by atoms with Crippen LogP contribution in [0.5, 0.6) is 5.75 Å². The molecule has 0 saturated carbocycles. The molecule has 0 spiro atoms. The molecular formula is C30H47NO7. The predicted molar refractivity (Wildman–Crippen MR) is 149 cm³/mol. The Morgan fingerprint density at radius 1 is 0.789 bits per heavy atom. The molecule has 1 atom stereocenters. The SMILES string of the molecule is [CH2]C([CH2])OC(=O)CCC(CCCCCCCCCCCCCCCC)OC(=O)Oc1ccc([N+](=O)[O-])cc1. The zero-order valence-electron chi connectivity index (χ0n) is 23.2. The van der Waals surface area contributed by atoms with Crippen LogP contribution in [0.1, 0.15) is 116 Å². The van der Waals surface area contributed by atoms with Crippen LogP contribution in [0.2, 0.25) is 0 Å². The topological polar surface area (TPSA) is 105 Å². The molecule has 8 heteroatoms. The van der Waals surface area contributed by atoms with E-state index in [1.54, 1.807) is 0 Å². The smallest absolute Gasteiger partial charge is 0.462 e. The first-order valence-electron chi connectivity index (χ1n) is 14.3. The van der Waals surface area contributed by atoms with Gasteiger partial charge in [-0.3, -0.25) is 14.9 Å². The molecule has 2 radical (unpaired) electrons. The Labute approximate surface area is 229 Å². The van der Waals surface area contributed by atoms with Gasteiger partial charge in [0.25, 0.3) is 5.69 Å². The number of benzene rings is 1. The van der Waals surface area contributed by atoms with E-state index >= 15 is 0 Å². The fourth-order valence-corrected chi connectivity index (χ4v) is 4.24. The molecule has 1 aromatic carbocycles. The quantitative estimate of drug-likeness (QED) is 0.0482. The van der Waals surface area contributed by atoms with Crippen molar-refractivity contribution in [2.24, 2.45) is 0 Å². The summed E-state index contributed by atoms with van der Waals surface area (Å²) in [6.07, 6.45) is 16.4. The number of hydrogen-bond donors (Lipinski definition) is 0. The second kappa shape index (κ2) is 21.3. The van der Waals surface area contributed by atoms with Crippen molar-refractivity contribution in [1.29, 1.82) is 0 Å². The Bertz CT molecular complexity index is 779. The summed E-state index contributed by atoms with van der Waals surface area (Å²) >= 11 is 0. The van der Waals surface area contributed by atoms with Crippen LogP contribution in [0, 0.1) is 24.0 Å². The molecule has 38 heavy (non-hydrogen) atoms. The van der Waals surface area contributed by atoms with Gasteiger partial charge in [0.05, 0.1) is 4.92 Å². The maximum atomic E-state index is 12.3. The molecule has 0 N–H and O–H groups in total. The molecule has 8 nitrogen and oxygen atoms in total. The van der Waals surface area contributed by atoms with Crippen LogP contribution in [0.25, 0.3) is 0 Å². The van der Waals surface area contributed by atoms with E-state index in [2.05, 4.69) is 20.8 Å². The highest BCUT2D eigenvalue weighted by Crippen LogP contribution is 2.20. The molecule has 0 heterocycles. The zero-order chi connectivity index (χ0) is 28.0. The van der Waals surface area contributed by atoms with Crippen LogP contribution in [-0.2, 0) is 14.3 Å². The number of esters is 1. The fraction of sp³-hybridized carbons (Fsp3) is 0.667. The number of rotatable bonds is 22. The number of nitrogens with zero attached hydrogens (tertiary/aromatic N) is 1. The van der Waals surface area contributed by atoms with Crippen molar-refractivity contribution < 1.29 is 28.7 Å². The maximum absolute atomic E-state index is 12.3. The van der Waals surface area contributed by atoms with Gasteiger partial charge in [-0.1, -0.05) is 90.4 Å². The molecule has 0 fully saturated rings. The monoisotopic (exact) mass is 533 g/mol. The molecule has 1 rings (SSSR count). The number of nitro groups is 1. The Hall–Kier alpha value is -2.64. The third-order valence-electron chi connectivity index (χ3n) is 6.36. The van der Waals surface area contributed by atoms with Gasteiger partial charge >= 0.3 is 12.1 Å². The van der Waals surface area contributed by atoms with Crippen LogP contribution >= 0.6 is 0 Å². The number of non-ortho nitro benzene ring substituents is 1. The van der Waals surface area contributed by atoms with Crippen molar-refractivity contribution in [3.05, 3.63) is 48.2 Å². The molecule has 1 unspecified atom stereocenters. The molecule has 0 bridgehead atoms. The Morgan fingerprint density at radius 3 is 1.76 bits per heavy atom. The van der Waals surface area contributed by atoms with E-state index in [0.29, 0.717) is 12.8 Å². The standard InChI is InChI=1S/C30H47NO7/c1-4-5-6-7-8-9-10-11-12-13-14-15-16-17-18-27(23-24-29(32)36-25(2)3)37-30(33)38-28-21-19-26(20-22-28)31(34)35/h19-22,25,27H,2-18,23-24H2,1H3. The largest absolute Gasteiger partial charge is 0.514 e. The van der Waals surface area contributed by atoms with E-state index in [9.17, 15) is 19.7 Å². The highest BCUT2D eigenvalue weighted by molar-refractivity contribution is 5.70.